The van der Waals surface area contributed by atoms with E-state index in [1.54, 1.807) is 32.5 Å². The summed E-state index contributed by atoms with van der Waals surface area (Å²) >= 11 is 1.49. The molecule has 1 aliphatic heterocycles. The molecule has 2 fully saturated rings. The molecule has 30 heavy (non-hydrogen) atoms. The number of hydrogen-bond donors (Lipinski definition) is 2. The minimum absolute atomic E-state index is 0.417. The molecule has 0 aromatic carbocycles. The molecule has 2 aliphatic rings. The van der Waals surface area contributed by atoms with E-state index in [4.69, 9.17) is 19.9 Å². The lowest BCUT2D eigenvalue weighted by molar-refractivity contribution is -0.155. The van der Waals surface area contributed by atoms with E-state index in [1.165, 1.54) is 11.8 Å². The Bertz CT molecular complexity index is 771. The average molecular weight is 438 g/mol. The summed E-state index contributed by atoms with van der Waals surface area (Å²) in [6.07, 6.45) is 4.81. The summed E-state index contributed by atoms with van der Waals surface area (Å²) < 4.78 is 17.7. The number of carbonyl (C=O) groups excluding carboxylic acids is 1. The van der Waals surface area contributed by atoms with Gasteiger partial charge in [-0.3, -0.25) is 0 Å². The van der Waals surface area contributed by atoms with E-state index in [0.29, 0.717) is 30.2 Å². The second-order valence-corrected chi connectivity index (χ2v) is 9.37. The first-order chi connectivity index (χ1) is 14.2. The number of ether oxygens (including phenoxy) is 3. The third-order valence-electron chi connectivity index (χ3n) is 6.04. The highest BCUT2D eigenvalue weighted by Crippen LogP contribution is 2.54. The van der Waals surface area contributed by atoms with Gasteiger partial charge >= 0.3 is 6.09 Å². The highest BCUT2D eigenvalue weighted by molar-refractivity contribution is 7.99. The summed E-state index contributed by atoms with van der Waals surface area (Å²) in [6, 6.07) is 1.77. The second-order valence-electron chi connectivity index (χ2n) is 8.43. The number of fused-ring (bicyclic) bond motifs is 1. The molecule has 9 heteroatoms. The summed E-state index contributed by atoms with van der Waals surface area (Å²) in [5.74, 6) is 0.131. The first kappa shape index (κ1) is 23.0. The van der Waals surface area contributed by atoms with E-state index in [0.717, 1.165) is 5.57 Å². The molecule has 0 spiro atoms. The molecular formula is C21H31N3O5S. The highest BCUT2D eigenvalue weighted by Gasteiger charge is 2.66. The van der Waals surface area contributed by atoms with Crippen LogP contribution >= 0.6 is 11.8 Å². The second kappa shape index (κ2) is 9.21. The number of hydrogen-bond acceptors (Lipinski definition) is 8. The van der Waals surface area contributed by atoms with Crippen molar-refractivity contribution in [2.75, 3.05) is 12.9 Å². The van der Waals surface area contributed by atoms with Gasteiger partial charge in [0.1, 0.15) is 12.2 Å². The summed E-state index contributed by atoms with van der Waals surface area (Å²) in [4.78, 5) is 20.0. The number of nitrogens with zero attached hydrogens (tertiary/aromatic N) is 2. The van der Waals surface area contributed by atoms with Crippen molar-refractivity contribution in [3.05, 3.63) is 30.1 Å². The number of allylic oxidation sites excluding steroid dienone is 1. The smallest absolute Gasteiger partial charge is 0.404 e. The van der Waals surface area contributed by atoms with Crippen molar-refractivity contribution in [1.82, 2.24) is 9.97 Å². The van der Waals surface area contributed by atoms with E-state index < -0.39 is 41.5 Å². The highest BCUT2D eigenvalue weighted by atomic mass is 32.2. The Hall–Kier alpha value is -1.68. The summed E-state index contributed by atoms with van der Waals surface area (Å²) in [5, 5.41) is 12.3. The number of thioether (sulfide) groups is 1. The van der Waals surface area contributed by atoms with Crippen LogP contribution in [0.3, 0.4) is 0 Å². The van der Waals surface area contributed by atoms with Crippen molar-refractivity contribution in [2.24, 2.45) is 11.7 Å². The molecule has 1 saturated heterocycles. The van der Waals surface area contributed by atoms with Crippen LogP contribution in [0.5, 0.6) is 0 Å². The Morgan fingerprint density at radius 1 is 1.43 bits per heavy atom. The monoisotopic (exact) mass is 437 g/mol. The van der Waals surface area contributed by atoms with Crippen LogP contribution in [0.1, 0.15) is 40.0 Å². The van der Waals surface area contributed by atoms with Gasteiger partial charge in [-0.1, -0.05) is 23.4 Å². The normalized spacial score (nSPS) is 35.5. The van der Waals surface area contributed by atoms with Crippen molar-refractivity contribution in [3.63, 3.8) is 0 Å². The number of aromatic nitrogens is 2. The van der Waals surface area contributed by atoms with Crippen LogP contribution in [-0.4, -0.2) is 63.5 Å². The summed E-state index contributed by atoms with van der Waals surface area (Å²) in [6.45, 7) is 5.82. The molecule has 1 aliphatic carbocycles. The molecule has 1 amide bonds. The number of methoxy groups -OCH3 is 1. The van der Waals surface area contributed by atoms with Crippen LogP contribution < -0.4 is 5.73 Å². The maximum Gasteiger partial charge on any atom is 0.404 e. The van der Waals surface area contributed by atoms with Crippen LogP contribution in [-0.2, 0) is 14.2 Å². The molecule has 0 radical (unpaired) electrons. The lowest BCUT2D eigenvalue weighted by Crippen LogP contribution is -2.60. The summed E-state index contributed by atoms with van der Waals surface area (Å²) in [5.41, 5.74) is 4.57. The molecular weight excluding hydrogens is 406 g/mol. The lowest BCUT2D eigenvalue weighted by atomic mass is 9.66. The van der Waals surface area contributed by atoms with Gasteiger partial charge in [0.15, 0.2) is 5.16 Å². The van der Waals surface area contributed by atoms with Crippen molar-refractivity contribution in [3.8, 4) is 0 Å². The molecule has 166 valence electrons. The van der Waals surface area contributed by atoms with Gasteiger partial charge in [0.2, 0.25) is 0 Å². The van der Waals surface area contributed by atoms with Gasteiger partial charge in [-0.15, -0.1) is 0 Å². The maximum atomic E-state index is 11.6. The van der Waals surface area contributed by atoms with Crippen molar-refractivity contribution < 1.29 is 24.1 Å². The maximum absolute atomic E-state index is 11.6. The van der Waals surface area contributed by atoms with Crippen LogP contribution in [0, 0.1) is 5.92 Å². The number of rotatable bonds is 7. The van der Waals surface area contributed by atoms with Gasteiger partial charge in [-0.2, -0.15) is 0 Å². The molecule has 3 rings (SSSR count). The zero-order valence-corrected chi connectivity index (χ0v) is 18.7. The van der Waals surface area contributed by atoms with Crippen LogP contribution in [0.15, 0.2) is 35.3 Å². The zero-order chi connectivity index (χ0) is 21.9. The van der Waals surface area contributed by atoms with Gasteiger partial charge < -0.3 is 25.1 Å². The standard InChI is InChI=1S/C21H31N3O5S/c1-13(2)6-7-15-20(3,26)17-16(27-4)14(28-18(22)25)8-9-21(17,29-15)12-30-19-23-10-5-11-24-19/h5-6,10-11,14-17,26H,7-9,12H2,1-4H3,(H2,22,25). The number of aliphatic hydroxyl groups is 1. The number of amides is 1. The van der Waals surface area contributed by atoms with Gasteiger partial charge in [-0.25, -0.2) is 14.8 Å². The Morgan fingerprint density at radius 2 is 2.13 bits per heavy atom. The minimum atomic E-state index is -1.19. The molecule has 1 aromatic rings. The zero-order valence-electron chi connectivity index (χ0n) is 17.9. The number of primary amides is 1. The van der Waals surface area contributed by atoms with E-state index >= 15 is 0 Å². The molecule has 6 atom stereocenters. The molecule has 2 heterocycles. The lowest BCUT2D eigenvalue weighted by Gasteiger charge is -2.47. The number of carbonyl (C=O) groups is 1. The Balaban J connectivity index is 1.93. The fourth-order valence-corrected chi connectivity index (χ4v) is 5.79. The van der Waals surface area contributed by atoms with Gasteiger partial charge in [0.25, 0.3) is 0 Å². The van der Waals surface area contributed by atoms with Crippen molar-refractivity contribution >= 4 is 17.9 Å². The number of nitrogens with two attached hydrogens (primary N) is 1. The van der Waals surface area contributed by atoms with E-state index in [2.05, 4.69) is 16.0 Å². The molecule has 1 aromatic heterocycles. The van der Waals surface area contributed by atoms with Crippen molar-refractivity contribution in [2.45, 2.75) is 74.7 Å². The molecule has 6 unspecified atom stereocenters. The van der Waals surface area contributed by atoms with E-state index in [-0.39, 0.29) is 0 Å². The predicted octanol–water partition coefficient (Wildman–Crippen LogP) is 2.70. The predicted molar refractivity (Wildman–Crippen MR) is 113 cm³/mol. The van der Waals surface area contributed by atoms with Crippen LogP contribution in [0.25, 0.3) is 0 Å². The largest absolute Gasteiger partial charge is 0.444 e. The van der Waals surface area contributed by atoms with E-state index in [1.807, 2.05) is 13.8 Å². The molecule has 3 N–H and O–H groups in total. The summed E-state index contributed by atoms with van der Waals surface area (Å²) in [7, 11) is 1.56. The Morgan fingerprint density at radius 3 is 2.73 bits per heavy atom. The fourth-order valence-electron chi connectivity index (χ4n) is 4.76. The minimum Gasteiger partial charge on any atom is -0.444 e. The Labute approximate surface area is 181 Å². The molecule has 0 bridgehead atoms. The third kappa shape index (κ3) is 4.64. The molecule has 8 nitrogen and oxygen atoms in total. The first-order valence-corrected chi connectivity index (χ1v) is 11.1. The van der Waals surface area contributed by atoms with Gasteiger partial charge in [0, 0.05) is 31.2 Å². The fraction of sp³-hybridized carbons (Fsp3) is 0.667. The average Bonchev–Trinajstić information content (AvgIpc) is 2.93. The van der Waals surface area contributed by atoms with E-state index in [9.17, 15) is 9.90 Å². The quantitative estimate of drug-likeness (QED) is 0.380. The van der Waals surface area contributed by atoms with Crippen molar-refractivity contribution in [1.29, 1.82) is 0 Å². The van der Waals surface area contributed by atoms with Gasteiger partial charge in [0.05, 0.1) is 17.3 Å². The molecule has 1 saturated carbocycles. The Kier molecular flexibility index (Phi) is 7.06. The SMILES string of the molecule is COC1C(OC(N)=O)CCC2(CSc3ncccn3)OC(CC=C(C)C)C(C)(O)C12. The third-order valence-corrected chi connectivity index (χ3v) is 7.14. The van der Waals surface area contributed by atoms with Crippen LogP contribution in [0.4, 0.5) is 4.79 Å². The first-order valence-electron chi connectivity index (χ1n) is 10.1. The van der Waals surface area contributed by atoms with Gasteiger partial charge in [-0.05, 0) is 46.1 Å². The topological polar surface area (TPSA) is 117 Å². The van der Waals surface area contributed by atoms with Crippen LogP contribution in [0.2, 0.25) is 0 Å².